The average molecular weight is 200 g/mol. The zero-order valence-electron chi connectivity index (χ0n) is 7.26. The van der Waals surface area contributed by atoms with E-state index in [-0.39, 0.29) is 31.4 Å². The van der Waals surface area contributed by atoms with Gasteiger partial charge in [0.05, 0.1) is 0 Å². The van der Waals surface area contributed by atoms with Crippen LogP contribution in [0.2, 0.25) is 0 Å². The van der Waals surface area contributed by atoms with Crippen LogP contribution in [0.5, 0.6) is 0 Å². The van der Waals surface area contributed by atoms with Gasteiger partial charge in [-0.3, -0.25) is 25.0 Å². The SMILES string of the molecule is O=c1c(CC[N+](=O)[O-])c1CC[N+](=O)[O-]. The first-order valence-corrected chi connectivity index (χ1v) is 4.02. The summed E-state index contributed by atoms with van der Waals surface area (Å²) in [6.07, 6.45) is 0.192. The van der Waals surface area contributed by atoms with Crippen LogP contribution in [0.4, 0.5) is 0 Å². The summed E-state index contributed by atoms with van der Waals surface area (Å²) in [6.45, 7) is -0.577. The van der Waals surface area contributed by atoms with E-state index in [4.69, 9.17) is 0 Å². The molecule has 0 fully saturated rings. The van der Waals surface area contributed by atoms with E-state index in [1.807, 2.05) is 0 Å². The fraction of sp³-hybridized carbons (Fsp3) is 0.571. The standard InChI is InChI=1S/C7H8N2O5/c10-7-5(1-3-8(11)12)6(7)2-4-9(13)14/h1-4H2. The average Bonchev–Trinajstić information content (AvgIpc) is 2.69. The van der Waals surface area contributed by atoms with E-state index in [1.54, 1.807) is 0 Å². The van der Waals surface area contributed by atoms with Crippen molar-refractivity contribution in [1.29, 1.82) is 0 Å². The van der Waals surface area contributed by atoms with Crippen molar-refractivity contribution in [3.8, 4) is 0 Å². The summed E-state index contributed by atoms with van der Waals surface area (Å²) in [6, 6.07) is 0. The topological polar surface area (TPSA) is 103 Å². The zero-order valence-corrected chi connectivity index (χ0v) is 7.26. The minimum atomic E-state index is -0.510. The van der Waals surface area contributed by atoms with Crippen LogP contribution in [0, 0.1) is 20.2 Å². The van der Waals surface area contributed by atoms with E-state index in [0.717, 1.165) is 0 Å². The van der Waals surface area contributed by atoms with Crippen LogP contribution in [0.3, 0.4) is 0 Å². The highest BCUT2D eigenvalue weighted by Crippen LogP contribution is 2.10. The summed E-state index contributed by atoms with van der Waals surface area (Å²) < 4.78 is 0. The fourth-order valence-electron chi connectivity index (χ4n) is 1.18. The van der Waals surface area contributed by atoms with E-state index < -0.39 is 9.85 Å². The second-order valence-corrected chi connectivity index (χ2v) is 2.90. The van der Waals surface area contributed by atoms with E-state index in [9.17, 15) is 25.0 Å². The van der Waals surface area contributed by atoms with Crippen LogP contribution in [0.25, 0.3) is 0 Å². The highest BCUT2D eigenvalue weighted by Gasteiger charge is 2.24. The predicted molar refractivity (Wildman–Crippen MR) is 46.2 cm³/mol. The van der Waals surface area contributed by atoms with Crippen LogP contribution in [0.1, 0.15) is 11.1 Å². The van der Waals surface area contributed by atoms with Gasteiger partial charge < -0.3 is 0 Å². The summed E-state index contributed by atoms with van der Waals surface area (Å²) in [7, 11) is 0. The lowest BCUT2D eigenvalue weighted by atomic mass is 10.3. The Morgan fingerprint density at radius 2 is 1.29 bits per heavy atom. The molecule has 0 atom stereocenters. The molecule has 7 heteroatoms. The Kier molecular flexibility index (Phi) is 2.90. The molecule has 0 saturated heterocycles. The molecule has 0 bridgehead atoms. The number of rotatable bonds is 6. The quantitative estimate of drug-likeness (QED) is 0.457. The summed E-state index contributed by atoms with van der Waals surface area (Å²) in [5.74, 6) is 0. The number of hydrogen-bond acceptors (Lipinski definition) is 5. The monoisotopic (exact) mass is 200 g/mol. The van der Waals surface area contributed by atoms with Crippen molar-refractivity contribution in [3.63, 3.8) is 0 Å². The minimum Gasteiger partial charge on any atom is -0.289 e. The molecule has 0 unspecified atom stereocenters. The molecule has 7 nitrogen and oxygen atoms in total. The van der Waals surface area contributed by atoms with Gasteiger partial charge in [0, 0.05) is 33.8 Å². The van der Waals surface area contributed by atoms with Crippen LogP contribution >= 0.6 is 0 Å². The molecule has 0 aliphatic rings. The largest absolute Gasteiger partial charge is 0.289 e. The van der Waals surface area contributed by atoms with Gasteiger partial charge >= 0.3 is 0 Å². The molecule has 76 valence electrons. The van der Waals surface area contributed by atoms with Gasteiger partial charge in [0.25, 0.3) is 0 Å². The van der Waals surface area contributed by atoms with Crippen LogP contribution in [0.15, 0.2) is 4.79 Å². The molecule has 0 saturated carbocycles. The molecule has 0 spiro atoms. The molecule has 0 amide bonds. The molecule has 0 heterocycles. The maximum Gasteiger partial charge on any atom is 0.208 e. The van der Waals surface area contributed by atoms with Crippen molar-refractivity contribution >= 4 is 0 Å². The Labute approximate surface area is 78.3 Å². The predicted octanol–water partition coefficient (Wildman–Crippen LogP) is -0.439. The van der Waals surface area contributed by atoms with Crippen molar-refractivity contribution in [2.45, 2.75) is 12.8 Å². The first-order valence-electron chi connectivity index (χ1n) is 4.02. The lowest BCUT2D eigenvalue weighted by Gasteiger charge is -1.87. The first-order chi connectivity index (χ1) is 6.52. The van der Waals surface area contributed by atoms with Gasteiger partial charge in [-0.15, -0.1) is 0 Å². The Bertz CT molecular complexity index is 343. The Morgan fingerprint density at radius 3 is 1.57 bits per heavy atom. The van der Waals surface area contributed by atoms with Gasteiger partial charge in [0.1, 0.15) is 0 Å². The number of nitrogens with zero attached hydrogens (tertiary/aromatic N) is 2. The van der Waals surface area contributed by atoms with Crippen molar-refractivity contribution in [3.05, 3.63) is 41.6 Å². The third kappa shape index (κ3) is 2.61. The van der Waals surface area contributed by atoms with Crippen LogP contribution < -0.4 is 5.43 Å². The van der Waals surface area contributed by atoms with Crippen LogP contribution in [-0.2, 0) is 12.8 Å². The Hall–Kier alpha value is -1.79. The molecule has 0 radical (unpaired) electrons. The van der Waals surface area contributed by atoms with E-state index in [2.05, 4.69) is 0 Å². The van der Waals surface area contributed by atoms with Gasteiger partial charge in [-0.2, -0.15) is 0 Å². The maximum atomic E-state index is 10.9. The lowest BCUT2D eigenvalue weighted by molar-refractivity contribution is -0.479. The molecule has 1 aromatic carbocycles. The molecular formula is C7H8N2O5. The van der Waals surface area contributed by atoms with E-state index in [0.29, 0.717) is 11.1 Å². The molecule has 0 aromatic heterocycles. The number of nitro groups is 2. The molecule has 1 aromatic rings. The normalized spacial score (nSPS) is 10.6. The van der Waals surface area contributed by atoms with E-state index in [1.165, 1.54) is 0 Å². The zero-order chi connectivity index (χ0) is 10.7. The molecule has 0 aliphatic heterocycles. The van der Waals surface area contributed by atoms with Crippen molar-refractivity contribution in [2.75, 3.05) is 13.1 Å². The Morgan fingerprint density at radius 1 is 0.929 bits per heavy atom. The first kappa shape index (κ1) is 10.3. The third-order valence-corrected chi connectivity index (χ3v) is 1.94. The lowest BCUT2D eigenvalue weighted by Crippen LogP contribution is -2.03. The molecule has 14 heavy (non-hydrogen) atoms. The highest BCUT2D eigenvalue weighted by molar-refractivity contribution is 5.39. The summed E-state index contributed by atoms with van der Waals surface area (Å²) in [5, 5.41) is 19.9. The summed E-state index contributed by atoms with van der Waals surface area (Å²) >= 11 is 0. The second kappa shape index (κ2) is 3.95. The molecule has 0 aliphatic carbocycles. The fourth-order valence-corrected chi connectivity index (χ4v) is 1.18. The minimum absolute atomic E-state index is 0.0961. The van der Waals surface area contributed by atoms with E-state index >= 15 is 0 Å². The summed E-state index contributed by atoms with van der Waals surface area (Å²) in [4.78, 5) is 29.9. The third-order valence-electron chi connectivity index (χ3n) is 1.94. The van der Waals surface area contributed by atoms with Gasteiger partial charge in [-0.1, -0.05) is 0 Å². The van der Waals surface area contributed by atoms with Crippen molar-refractivity contribution in [1.82, 2.24) is 0 Å². The second-order valence-electron chi connectivity index (χ2n) is 2.90. The molecule has 1 rings (SSSR count). The maximum absolute atomic E-state index is 10.9. The summed E-state index contributed by atoms with van der Waals surface area (Å²) in [5.41, 5.74) is 0.584. The Balaban J connectivity index is 2.37. The number of hydrogen-bond donors (Lipinski definition) is 0. The molecule has 0 N–H and O–H groups in total. The van der Waals surface area contributed by atoms with Crippen molar-refractivity contribution < 1.29 is 9.85 Å². The smallest absolute Gasteiger partial charge is 0.208 e. The van der Waals surface area contributed by atoms with Gasteiger partial charge in [-0.25, -0.2) is 0 Å². The van der Waals surface area contributed by atoms with Gasteiger partial charge in [0.15, 0.2) is 5.43 Å². The van der Waals surface area contributed by atoms with Crippen molar-refractivity contribution in [2.24, 2.45) is 0 Å². The highest BCUT2D eigenvalue weighted by atomic mass is 16.6. The van der Waals surface area contributed by atoms with Gasteiger partial charge in [0.2, 0.25) is 13.1 Å². The van der Waals surface area contributed by atoms with Crippen LogP contribution in [-0.4, -0.2) is 22.9 Å². The van der Waals surface area contributed by atoms with Gasteiger partial charge in [-0.05, 0) is 0 Å². The molecular weight excluding hydrogens is 192 g/mol.